The summed E-state index contributed by atoms with van der Waals surface area (Å²) in [4.78, 5) is 11.7. The van der Waals surface area contributed by atoms with E-state index in [1.165, 1.54) is 0 Å². The molecule has 0 aliphatic carbocycles. The van der Waals surface area contributed by atoms with Crippen LogP contribution in [0.4, 0.5) is 0 Å². The zero-order chi connectivity index (χ0) is 13.2. The smallest absolute Gasteiger partial charge is 0.389 e. The van der Waals surface area contributed by atoms with E-state index in [2.05, 4.69) is 0 Å². The van der Waals surface area contributed by atoms with E-state index in [1.54, 1.807) is 6.08 Å². The van der Waals surface area contributed by atoms with Crippen molar-refractivity contribution in [3.63, 3.8) is 0 Å². The minimum atomic E-state index is -3.17. The summed E-state index contributed by atoms with van der Waals surface area (Å²) in [6.07, 6.45) is 2.51. The van der Waals surface area contributed by atoms with Crippen LogP contribution in [0.5, 0.6) is 0 Å². The predicted octanol–water partition coefficient (Wildman–Crippen LogP) is 2.77. The van der Waals surface area contributed by atoms with Crippen molar-refractivity contribution in [3.8, 4) is 0 Å². The fourth-order valence-corrected chi connectivity index (χ4v) is 4.73. The highest BCUT2D eigenvalue weighted by molar-refractivity contribution is 8.55. The van der Waals surface area contributed by atoms with Crippen LogP contribution in [-0.4, -0.2) is 31.4 Å². The first-order chi connectivity index (χ1) is 8.40. The van der Waals surface area contributed by atoms with Gasteiger partial charge in [0.25, 0.3) is 0 Å². The number of hydrogen-bond donors (Lipinski definition) is 0. The third kappa shape index (κ3) is 3.60. The lowest BCUT2D eigenvalue weighted by atomic mass is 9.97. The average molecular weight is 292 g/mol. The highest BCUT2D eigenvalue weighted by Crippen LogP contribution is 2.63. The Bertz CT molecular complexity index is 404. The van der Waals surface area contributed by atoms with Crippen molar-refractivity contribution in [2.45, 2.75) is 20.3 Å². The van der Waals surface area contributed by atoms with Crippen molar-refractivity contribution < 1.29 is 23.1 Å². The first-order valence-electron chi connectivity index (χ1n) is 5.80. The number of allylic oxidation sites excluding steroid dienone is 1. The third-order valence-corrected chi connectivity index (χ3v) is 6.13. The van der Waals surface area contributed by atoms with Gasteiger partial charge in [0.1, 0.15) is 0 Å². The Morgan fingerprint density at radius 2 is 2.11 bits per heavy atom. The Hall–Kier alpha value is -0.290. The van der Waals surface area contributed by atoms with Crippen LogP contribution < -0.4 is 0 Å². The molecule has 18 heavy (non-hydrogen) atoms. The van der Waals surface area contributed by atoms with Crippen molar-refractivity contribution >= 4 is 24.0 Å². The Labute approximate surface area is 111 Å². The van der Waals surface area contributed by atoms with Crippen LogP contribution in [0, 0.1) is 5.41 Å². The molecule has 1 saturated heterocycles. The summed E-state index contributed by atoms with van der Waals surface area (Å²) < 4.78 is 27.8. The lowest BCUT2D eigenvalue weighted by Crippen LogP contribution is -2.28. The van der Waals surface area contributed by atoms with E-state index in [0.29, 0.717) is 25.6 Å². The van der Waals surface area contributed by atoms with E-state index in [0.717, 1.165) is 17.8 Å². The maximum absolute atomic E-state index is 12.1. The average Bonchev–Trinajstić information content (AvgIpc) is 2.85. The van der Waals surface area contributed by atoms with E-state index in [-0.39, 0.29) is 17.0 Å². The number of ether oxygens (including phenoxy) is 1. The Morgan fingerprint density at radius 3 is 2.67 bits per heavy atom. The molecule has 0 aromatic carbocycles. The summed E-state index contributed by atoms with van der Waals surface area (Å²) >= 11 is 0.936. The van der Waals surface area contributed by atoms with Gasteiger partial charge in [-0.05, 0) is 17.5 Å². The molecule has 0 saturated carbocycles. The largest absolute Gasteiger partial charge is 0.490 e. The molecular formula is C11H17O5PS. The lowest BCUT2D eigenvalue weighted by Gasteiger charge is -2.33. The van der Waals surface area contributed by atoms with Crippen molar-refractivity contribution in [1.29, 1.82) is 0 Å². The molecule has 5 nitrogen and oxygen atoms in total. The molecule has 7 heteroatoms. The van der Waals surface area contributed by atoms with Gasteiger partial charge in [0, 0.05) is 11.8 Å². The third-order valence-electron chi connectivity index (χ3n) is 2.56. The lowest BCUT2D eigenvalue weighted by molar-refractivity contribution is -0.116. The van der Waals surface area contributed by atoms with E-state index in [1.807, 2.05) is 13.8 Å². The minimum absolute atomic E-state index is 0.0591. The van der Waals surface area contributed by atoms with Gasteiger partial charge < -0.3 is 13.8 Å². The van der Waals surface area contributed by atoms with Gasteiger partial charge in [-0.1, -0.05) is 13.8 Å². The van der Waals surface area contributed by atoms with Gasteiger partial charge in [0.15, 0.2) is 5.76 Å². The second-order valence-electron chi connectivity index (χ2n) is 5.06. The van der Waals surface area contributed by atoms with Crippen molar-refractivity contribution in [2.24, 2.45) is 5.41 Å². The predicted molar refractivity (Wildman–Crippen MR) is 69.4 cm³/mol. The standard InChI is InChI=1S/C11H17O5PS/c1-11(2)7-15-17(13,16-8-11)18-6-9(12)10-4-3-5-14-10/h4H,3,5-8H2,1-2H3. The van der Waals surface area contributed by atoms with Crippen LogP contribution in [0.1, 0.15) is 20.3 Å². The van der Waals surface area contributed by atoms with E-state index >= 15 is 0 Å². The Kier molecular flexibility index (Phi) is 4.22. The van der Waals surface area contributed by atoms with Crippen LogP contribution in [0.2, 0.25) is 0 Å². The van der Waals surface area contributed by atoms with Crippen LogP contribution in [0.25, 0.3) is 0 Å². The number of rotatable bonds is 4. The fraction of sp³-hybridized carbons (Fsp3) is 0.727. The van der Waals surface area contributed by atoms with Gasteiger partial charge in [-0.2, -0.15) is 0 Å². The van der Waals surface area contributed by atoms with Gasteiger partial charge in [-0.15, -0.1) is 0 Å². The molecule has 0 atom stereocenters. The van der Waals surface area contributed by atoms with Crippen LogP contribution in [-0.2, 0) is 23.1 Å². The van der Waals surface area contributed by atoms with Gasteiger partial charge in [-0.25, -0.2) is 4.57 Å². The number of Topliss-reactive ketones (excluding diaryl/α,β-unsaturated/α-hetero) is 1. The summed E-state index contributed by atoms with van der Waals surface area (Å²) in [5.41, 5.74) is -0.129. The van der Waals surface area contributed by atoms with Crippen molar-refractivity contribution in [2.75, 3.05) is 25.6 Å². The maximum atomic E-state index is 12.1. The fourth-order valence-electron chi connectivity index (χ4n) is 1.48. The molecule has 0 aromatic heterocycles. The molecule has 0 amide bonds. The topological polar surface area (TPSA) is 61.8 Å². The number of ketones is 1. The highest BCUT2D eigenvalue weighted by Gasteiger charge is 2.37. The Balaban J connectivity index is 1.83. The zero-order valence-corrected chi connectivity index (χ0v) is 12.2. The van der Waals surface area contributed by atoms with Gasteiger partial charge in [-0.3, -0.25) is 4.79 Å². The van der Waals surface area contributed by atoms with E-state index in [4.69, 9.17) is 13.8 Å². The molecule has 0 radical (unpaired) electrons. The molecule has 0 bridgehead atoms. The second-order valence-corrected chi connectivity index (χ2v) is 9.13. The molecular weight excluding hydrogens is 275 g/mol. The molecule has 1 fully saturated rings. The quantitative estimate of drug-likeness (QED) is 0.742. The molecule has 102 valence electrons. The highest BCUT2D eigenvalue weighted by atomic mass is 32.7. The van der Waals surface area contributed by atoms with Crippen molar-refractivity contribution in [1.82, 2.24) is 0 Å². The van der Waals surface area contributed by atoms with Gasteiger partial charge >= 0.3 is 6.80 Å². The monoisotopic (exact) mass is 292 g/mol. The number of carbonyl (C=O) groups excluding carboxylic acids is 1. The second kappa shape index (κ2) is 5.37. The number of carbonyl (C=O) groups is 1. The van der Waals surface area contributed by atoms with Crippen LogP contribution in [0.3, 0.4) is 0 Å². The summed E-state index contributed by atoms with van der Waals surface area (Å²) in [7, 11) is 0. The number of hydrogen-bond acceptors (Lipinski definition) is 6. The SMILES string of the molecule is CC1(C)COP(=O)(SCC(=O)C2=CCCO2)OC1. The van der Waals surface area contributed by atoms with E-state index in [9.17, 15) is 9.36 Å². The summed E-state index contributed by atoms with van der Waals surface area (Å²) in [5.74, 6) is 0.264. The minimum Gasteiger partial charge on any atom is -0.490 e. The van der Waals surface area contributed by atoms with Crippen LogP contribution >= 0.6 is 18.2 Å². The van der Waals surface area contributed by atoms with Crippen LogP contribution in [0.15, 0.2) is 11.8 Å². The Morgan fingerprint density at radius 1 is 1.44 bits per heavy atom. The summed E-state index contributed by atoms with van der Waals surface area (Å²) in [6, 6.07) is 0. The van der Waals surface area contributed by atoms with Gasteiger partial charge in [0.05, 0.1) is 25.6 Å². The van der Waals surface area contributed by atoms with E-state index < -0.39 is 6.80 Å². The molecule has 0 unspecified atom stereocenters. The van der Waals surface area contributed by atoms with Gasteiger partial charge in [0.2, 0.25) is 5.78 Å². The normalized spacial score (nSPS) is 25.3. The summed E-state index contributed by atoms with van der Waals surface area (Å²) in [6.45, 7) is 2.08. The molecule has 0 spiro atoms. The first kappa shape index (κ1) is 14.1. The zero-order valence-electron chi connectivity index (χ0n) is 10.5. The molecule has 2 rings (SSSR count). The molecule has 0 N–H and O–H groups in total. The first-order valence-corrected chi connectivity index (χ1v) is 8.93. The summed E-state index contributed by atoms with van der Waals surface area (Å²) in [5, 5.41) is 0. The van der Waals surface area contributed by atoms with Crippen molar-refractivity contribution in [3.05, 3.63) is 11.8 Å². The molecule has 0 aromatic rings. The molecule has 2 aliphatic heterocycles. The molecule has 2 heterocycles. The maximum Gasteiger partial charge on any atom is 0.389 e. The molecule has 2 aliphatic rings.